The van der Waals surface area contributed by atoms with E-state index in [1.807, 2.05) is 0 Å². The van der Waals surface area contributed by atoms with Crippen molar-refractivity contribution >= 4 is 33.0 Å². The molecule has 1 N–H and O–H groups in total. The van der Waals surface area contributed by atoms with Crippen LogP contribution in [0.15, 0.2) is 47.4 Å². The van der Waals surface area contributed by atoms with E-state index in [0.29, 0.717) is 21.2 Å². The molecule has 1 unspecified atom stereocenters. The Morgan fingerprint density at radius 1 is 1.00 bits per heavy atom. The number of hydrogen-bond acceptors (Lipinski definition) is 3. The number of rotatable bonds is 3. The molecule has 0 heterocycles. The summed E-state index contributed by atoms with van der Waals surface area (Å²) in [6.07, 6.45) is 0.156. The molecule has 20 heavy (non-hydrogen) atoms. The first-order valence-corrected chi connectivity index (χ1v) is 8.37. The molecule has 0 aliphatic rings. The first-order chi connectivity index (χ1) is 9.29. The first kappa shape index (κ1) is 15.3. The number of sulfone groups is 1. The second kappa shape index (κ2) is 5.74. The zero-order valence-corrected chi connectivity index (χ0v) is 12.9. The summed E-state index contributed by atoms with van der Waals surface area (Å²) in [5, 5.41) is 11.0. The summed E-state index contributed by atoms with van der Waals surface area (Å²) in [4.78, 5) is 0.161. The monoisotopic (exact) mass is 330 g/mol. The van der Waals surface area contributed by atoms with Gasteiger partial charge in [-0.2, -0.15) is 0 Å². The summed E-state index contributed by atoms with van der Waals surface area (Å²) >= 11 is 11.7. The van der Waals surface area contributed by atoms with Crippen LogP contribution in [0.1, 0.15) is 17.2 Å². The van der Waals surface area contributed by atoms with Gasteiger partial charge in [-0.1, -0.05) is 41.4 Å². The summed E-state index contributed by atoms with van der Waals surface area (Å²) in [6.45, 7) is 0. The third-order valence-electron chi connectivity index (χ3n) is 2.86. The number of aliphatic hydroxyl groups excluding tert-OH is 1. The Balaban J connectivity index is 2.43. The van der Waals surface area contributed by atoms with Gasteiger partial charge in [0.05, 0.1) is 14.9 Å². The maximum Gasteiger partial charge on any atom is 0.175 e. The molecule has 2 rings (SSSR count). The van der Waals surface area contributed by atoms with E-state index in [9.17, 15) is 13.5 Å². The predicted octanol–water partition coefficient (Wildman–Crippen LogP) is 3.48. The molecule has 0 fully saturated rings. The zero-order chi connectivity index (χ0) is 14.9. The van der Waals surface area contributed by atoms with Gasteiger partial charge in [0.1, 0.15) is 6.10 Å². The summed E-state index contributed by atoms with van der Waals surface area (Å²) in [5.41, 5.74) is 1.02. The fourth-order valence-corrected chi connectivity index (χ4v) is 2.77. The highest BCUT2D eigenvalue weighted by atomic mass is 35.5. The van der Waals surface area contributed by atoms with Gasteiger partial charge in [0.15, 0.2) is 9.84 Å². The normalized spacial score (nSPS) is 13.2. The Morgan fingerprint density at radius 3 is 2.25 bits per heavy atom. The minimum absolute atomic E-state index is 0.161. The highest BCUT2D eigenvalue weighted by molar-refractivity contribution is 7.90. The lowest BCUT2D eigenvalue weighted by molar-refractivity contribution is 0.220. The van der Waals surface area contributed by atoms with Crippen molar-refractivity contribution in [2.45, 2.75) is 11.0 Å². The third kappa shape index (κ3) is 3.33. The van der Waals surface area contributed by atoms with Gasteiger partial charge in [0, 0.05) is 6.26 Å². The van der Waals surface area contributed by atoms with Gasteiger partial charge in [0.25, 0.3) is 0 Å². The molecule has 0 spiro atoms. The van der Waals surface area contributed by atoms with Crippen molar-refractivity contribution in [2.75, 3.05) is 6.26 Å². The van der Waals surface area contributed by atoms with Crippen LogP contribution in [0, 0.1) is 0 Å². The van der Waals surface area contributed by atoms with Crippen LogP contribution in [0.2, 0.25) is 10.0 Å². The molecule has 6 heteroatoms. The molecule has 3 nitrogen and oxygen atoms in total. The second-order valence-corrected chi connectivity index (χ2v) is 7.25. The quantitative estimate of drug-likeness (QED) is 0.937. The van der Waals surface area contributed by atoms with E-state index in [1.54, 1.807) is 30.3 Å². The Hall–Kier alpha value is -1.07. The highest BCUT2D eigenvalue weighted by Crippen LogP contribution is 2.29. The highest BCUT2D eigenvalue weighted by Gasteiger charge is 2.15. The molecule has 2 aromatic carbocycles. The van der Waals surface area contributed by atoms with Crippen LogP contribution in [-0.4, -0.2) is 19.8 Å². The fourth-order valence-electron chi connectivity index (χ4n) is 1.79. The number of benzene rings is 2. The van der Waals surface area contributed by atoms with Crippen molar-refractivity contribution in [3.63, 3.8) is 0 Å². The molecule has 0 saturated heterocycles. The minimum Gasteiger partial charge on any atom is -0.384 e. The van der Waals surface area contributed by atoms with E-state index >= 15 is 0 Å². The Morgan fingerprint density at radius 2 is 1.65 bits per heavy atom. The lowest BCUT2D eigenvalue weighted by atomic mass is 10.0. The molecule has 0 bridgehead atoms. The molecule has 0 aliphatic carbocycles. The molecule has 106 valence electrons. The number of halogens is 2. The molecule has 0 aromatic heterocycles. The zero-order valence-electron chi connectivity index (χ0n) is 10.5. The van der Waals surface area contributed by atoms with Gasteiger partial charge >= 0.3 is 0 Å². The summed E-state index contributed by atoms with van der Waals surface area (Å²) in [6, 6.07) is 11.0. The van der Waals surface area contributed by atoms with Crippen molar-refractivity contribution in [1.29, 1.82) is 0 Å². The third-order valence-corrected chi connectivity index (χ3v) is 4.71. The van der Waals surface area contributed by atoms with Crippen molar-refractivity contribution in [2.24, 2.45) is 0 Å². The molecule has 0 saturated carbocycles. The average molecular weight is 331 g/mol. The van der Waals surface area contributed by atoms with Gasteiger partial charge in [-0.25, -0.2) is 8.42 Å². The van der Waals surface area contributed by atoms with Crippen LogP contribution >= 0.6 is 23.2 Å². The molecule has 2 aromatic rings. The van der Waals surface area contributed by atoms with E-state index in [-0.39, 0.29) is 4.90 Å². The lowest BCUT2D eigenvalue weighted by Gasteiger charge is -2.13. The van der Waals surface area contributed by atoms with E-state index in [0.717, 1.165) is 6.26 Å². The van der Waals surface area contributed by atoms with Crippen molar-refractivity contribution in [3.05, 3.63) is 63.6 Å². The van der Waals surface area contributed by atoms with Crippen LogP contribution in [0.25, 0.3) is 0 Å². The summed E-state index contributed by atoms with van der Waals surface area (Å²) in [5.74, 6) is 0. The average Bonchev–Trinajstić information content (AvgIpc) is 2.40. The molecule has 0 aliphatic heterocycles. The van der Waals surface area contributed by atoms with Crippen LogP contribution in [0.5, 0.6) is 0 Å². The van der Waals surface area contributed by atoms with Crippen LogP contribution in [0.3, 0.4) is 0 Å². The van der Waals surface area contributed by atoms with Gasteiger partial charge in [-0.15, -0.1) is 0 Å². The summed E-state index contributed by atoms with van der Waals surface area (Å²) < 4.78 is 23.0. The van der Waals surface area contributed by atoms with Crippen LogP contribution in [-0.2, 0) is 9.84 Å². The number of aliphatic hydroxyl groups is 1. The molecular weight excluding hydrogens is 319 g/mol. The maximum atomic E-state index is 11.5. The minimum atomic E-state index is -3.31. The molecular formula is C14H12Cl2O3S. The first-order valence-electron chi connectivity index (χ1n) is 5.72. The largest absolute Gasteiger partial charge is 0.384 e. The van der Waals surface area contributed by atoms with Crippen molar-refractivity contribution < 1.29 is 13.5 Å². The summed E-state index contributed by atoms with van der Waals surface area (Å²) in [7, 11) is -3.31. The van der Waals surface area contributed by atoms with Crippen LogP contribution in [0.4, 0.5) is 0 Å². The van der Waals surface area contributed by atoms with Gasteiger partial charge in [-0.05, 0) is 35.4 Å². The van der Waals surface area contributed by atoms with E-state index in [2.05, 4.69) is 0 Å². The smallest absolute Gasteiger partial charge is 0.175 e. The van der Waals surface area contributed by atoms with E-state index < -0.39 is 15.9 Å². The van der Waals surface area contributed by atoms with Crippen molar-refractivity contribution in [1.82, 2.24) is 0 Å². The van der Waals surface area contributed by atoms with Gasteiger partial charge < -0.3 is 5.11 Å². The maximum absolute atomic E-state index is 11.5. The van der Waals surface area contributed by atoms with Crippen LogP contribution < -0.4 is 0 Å². The topological polar surface area (TPSA) is 54.4 Å². The standard InChI is InChI=1S/C14H12Cl2O3S/c1-20(18,19)11-4-2-3-9(7-11)14(17)10-5-6-12(15)13(16)8-10/h2-8,14,17H,1H3. The van der Waals surface area contributed by atoms with Gasteiger partial charge in [-0.3, -0.25) is 0 Å². The molecule has 0 amide bonds. The van der Waals surface area contributed by atoms with E-state index in [1.165, 1.54) is 12.1 Å². The molecule has 1 atom stereocenters. The lowest BCUT2D eigenvalue weighted by Crippen LogP contribution is -2.03. The molecule has 0 radical (unpaired) electrons. The predicted molar refractivity (Wildman–Crippen MR) is 80.1 cm³/mol. The Kier molecular flexibility index (Phi) is 4.39. The van der Waals surface area contributed by atoms with E-state index in [4.69, 9.17) is 23.2 Å². The Labute approximate surface area is 127 Å². The Bertz CT molecular complexity index is 742. The SMILES string of the molecule is CS(=O)(=O)c1cccc(C(O)c2ccc(Cl)c(Cl)c2)c1. The fraction of sp³-hybridized carbons (Fsp3) is 0.143. The van der Waals surface area contributed by atoms with Gasteiger partial charge in [0.2, 0.25) is 0 Å². The second-order valence-electron chi connectivity index (χ2n) is 4.42. The van der Waals surface area contributed by atoms with Crippen molar-refractivity contribution in [3.8, 4) is 0 Å². The number of hydrogen-bond donors (Lipinski definition) is 1.